The monoisotopic (exact) mass is 207 g/mol. The zero-order chi connectivity index (χ0) is 11.3. The molecule has 0 aromatic heterocycles. The first-order valence-corrected chi connectivity index (χ1v) is 3.72. The molecule has 1 aromatic carbocycles. The van der Waals surface area contributed by atoms with E-state index in [-0.39, 0.29) is 11.4 Å². The Labute approximate surface area is 84.6 Å². The molecule has 6 nitrogen and oxygen atoms in total. The van der Waals surface area contributed by atoms with Gasteiger partial charge >= 0.3 is 6.16 Å². The molecule has 1 aromatic rings. The molecule has 0 amide bonds. The van der Waals surface area contributed by atoms with E-state index >= 15 is 0 Å². The van der Waals surface area contributed by atoms with E-state index in [4.69, 9.17) is 0 Å². The normalized spacial score (nSPS) is 8.73. The minimum Gasteiger partial charge on any atom is -0.394 e. The van der Waals surface area contributed by atoms with Crippen LogP contribution in [-0.2, 0) is 4.74 Å². The van der Waals surface area contributed by atoms with Crippen LogP contribution < -0.4 is 4.74 Å². The van der Waals surface area contributed by atoms with Gasteiger partial charge in [0.05, 0.1) is 4.92 Å². The van der Waals surface area contributed by atoms with Crippen LogP contribution in [0.15, 0.2) is 24.3 Å². The number of carbonyl (C=O) groups is 1. The number of rotatable bonds is 2. The molecular formula is C9H5NO5. The first kappa shape index (κ1) is 10.5. The lowest BCUT2D eigenvalue weighted by molar-refractivity contribution is -0.384. The molecule has 6 heteroatoms. The third kappa shape index (κ3) is 3.00. The molecule has 0 heterocycles. The summed E-state index contributed by atoms with van der Waals surface area (Å²) < 4.78 is 8.62. The quantitative estimate of drug-likeness (QED) is 0.242. The Morgan fingerprint density at radius 1 is 1.40 bits per heavy atom. The first-order chi connectivity index (χ1) is 7.13. The predicted octanol–water partition coefficient (Wildman–Crippen LogP) is 1.70. The van der Waals surface area contributed by atoms with Gasteiger partial charge in [-0.15, -0.1) is 0 Å². The van der Waals surface area contributed by atoms with Gasteiger partial charge < -0.3 is 9.47 Å². The fourth-order valence-corrected chi connectivity index (χ4v) is 0.801. The number of nitro benzene ring substituents is 1. The first-order valence-electron chi connectivity index (χ1n) is 3.72. The van der Waals surface area contributed by atoms with Crippen LogP contribution in [0.25, 0.3) is 0 Å². The summed E-state index contributed by atoms with van der Waals surface area (Å²) in [5, 5.41) is 10.3. The lowest BCUT2D eigenvalue weighted by Gasteiger charge is -1.99. The average Bonchev–Trinajstić information content (AvgIpc) is 2.18. The molecular weight excluding hydrogens is 202 g/mol. The summed E-state index contributed by atoms with van der Waals surface area (Å²) in [7, 11) is 0. The smallest absolute Gasteiger partial charge is 0.394 e. The molecule has 0 saturated heterocycles. The molecule has 0 aliphatic carbocycles. The zero-order valence-corrected chi connectivity index (χ0v) is 7.38. The van der Waals surface area contributed by atoms with Crippen LogP contribution in [0.4, 0.5) is 10.5 Å². The Balaban J connectivity index is 2.69. The number of nitrogens with zero attached hydrogens (tertiary/aromatic N) is 1. The topological polar surface area (TPSA) is 78.7 Å². The van der Waals surface area contributed by atoms with Crippen LogP contribution >= 0.6 is 0 Å². The lowest BCUT2D eigenvalue weighted by atomic mass is 10.3. The summed E-state index contributed by atoms with van der Waals surface area (Å²) in [5.74, 6) is 0.112. The molecule has 0 atom stereocenters. The fraction of sp³-hybridized carbons (Fsp3) is 0. The van der Waals surface area contributed by atoms with Gasteiger partial charge in [0.2, 0.25) is 0 Å². The van der Waals surface area contributed by atoms with E-state index in [0.717, 1.165) is 0 Å². The number of ether oxygens (including phenoxy) is 2. The molecule has 76 valence electrons. The van der Waals surface area contributed by atoms with E-state index in [0.29, 0.717) is 0 Å². The minimum atomic E-state index is -1.06. The molecule has 1 rings (SSSR count). The van der Waals surface area contributed by atoms with E-state index in [1.807, 2.05) is 0 Å². The number of carbonyl (C=O) groups excluding carboxylic acids is 1. The van der Waals surface area contributed by atoms with Crippen molar-refractivity contribution < 1.29 is 19.2 Å². The lowest BCUT2D eigenvalue weighted by Crippen LogP contribution is -2.06. The average molecular weight is 207 g/mol. The van der Waals surface area contributed by atoms with Gasteiger partial charge in [0.1, 0.15) is 11.9 Å². The third-order valence-electron chi connectivity index (χ3n) is 1.39. The van der Waals surface area contributed by atoms with E-state index < -0.39 is 11.1 Å². The van der Waals surface area contributed by atoms with Gasteiger partial charge in [-0.05, 0) is 12.1 Å². The van der Waals surface area contributed by atoms with Crippen LogP contribution in [0.3, 0.4) is 0 Å². The highest BCUT2D eigenvalue weighted by Gasteiger charge is 2.08. The maximum Gasteiger partial charge on any atom is 0.528 e. The van der Waals surface area contributed by atoms with Crippen molar-refractivity contribution in [3.8, 4) is 18.3 Å². The number of non-ortho nitro benzene ring substituents is 1. The standard InChI is InChI=1S/C9H5NO5/c1-2-14-9(11)15-8-5-3-7(4-6-8)10(12)13/h1,3-6H. The molecule has 0 aliphatic rings. The van der Waals surface area contributed by atoms with E-state index in [9.17, 15) is 14.9 Å². The summed E-state index contributed by atoms with van der Waals surface area (Å²) in [6, 6.07) is 4.91. The van der Waals surface area contributed by atoms with Crippen molar-refractivity contribution in [2.45, 2.75) is 0 Å². The molecule has 0 bridgehead atoms. The van der Waals surface area contributed by atoms with Gasteiger partial charge in [0.25, 0.3) is 5.69 Å². The minimum absolute atomic E-state index is 0.104. The number of hydrogen-bond acceptors (Lipinski definition) is 5. The van der Waals surface area contributed by atoms with Crippen molar-refractivity contribution >= 4 is 11.8 Å². The van der Waals surface area contributed by atoms with Crippen LogP contribution in [0.2, 0.25) is 0 Å². The Hall–Kier alpha value is -2.55. The summed E-state index contributed by atoms with van der Waals surface area (Å²) in [5.41, 5.74) is -0.104. The van der Waals surface area contributed by atoms with Crippen LogP contribution in [-0.4, -0.2) is 11.1 Å². The molecule has 15 heavy (non-hydrogen) atoms. The summed E-state index contributed by atoms with van der Waals surface area (Å²) in [4.78, 5) is 20.4. The highest BCUT2D eigenvalue weighted by Crippen LogP contribution is 2.17. The van der Waals surface area contributed by atoms with E-state index in [2.05, 4.69) is 15.9 Å². The van der Waals surface area contributed by atoms with Crippen molar-refractivity contribution in [2.75, 3.05) is 0 Å². The van der Waals surface area contributed by atoms with Crippen molar-refractivity contribution in [2.24, 2.45) is 0 Å². The van der Waals surface area contributed by atoms with Gasteiger partial charge in [0, 0.05) is 12.1 Å². The Kier molecular flexibility index (Phi) is 3.24. The fourth-order valence-electron chi connectivity index (χ4n) is 0.801. The second-order valence-electron chi connectivity index (χ2n) is 2.32. The second kappa shape index (κ2) is 4.62. The molecule has 0 fully saturated rings. The van der Waals surface area contributed by atoms with Gasteiger partial charge in [-0.3, -0.25) is 10.1 Å². The molecule has 0 unspecified atom stereocenters. The van der Waals surface area contributed by atoms with Crippen LogP contribution in [0.1, 0.15) is 0 Å². The number of nitro groups is 1. The molecule has 0 radical (unpaired) electrons. The maximum atomic E-state index is 10.7. The summed E-state index contributed by atoms with van der Waals surface area (Å²) in [6.07, 6.45) is 5.26. The molecule has 0 spiro atoms. The highest BCUT2D eigenvalue weighted by atomic mass is 16.7. The maximum absolute atomic E-state index is 10.7. The number of terminal acetylenes is 1. The Morgan fingerprint density at radius 2 is 2.00 bits per heavy atom. The summed E-state index contributed by atoms with van der Waals surface area (Å²) in [6.45, 7) is 0. The number of hydrogen-bond donors (Lipinski definition) is 0. The van der Waals surface area contributed by atoms with E-state index in [1.54, 1.807) is 6.11 Å². The second-order valence-corrected chi connectivity index (χ2v) is 2.32. The Morgan fingerprint density at radius 3 is 2.47 bits per heavy atom. The van der Waals surface area contributed by atoms with Gasteiger partial charge in [-0.1, -0.05) is 6.42 Å². The SMILES string of the molecule is C#COC(=O)Oc1ccc([N+](=O)[O-])cc1. The van der Waals surface area contributed by atoms with Crippen LogP contribution in [0.5, 0.6) is 5.75 Å². The van der Waals surface area contributed by atoms with Crippen molar-refractivity contribution in [1.82, 2.24) is 0 Å². The van der Waals surface area contributed by atoms with Gasteiger partial charge in [-0.2, -0.15) is 0 Å². The zero-order valence-electron chi connectivity index (χ0n) is 7.38. The Bertz CT molecular complexity index is 417. The summed E-state index contributed by atoms with van der Waals surface area (Å²) >= 11 is 0. The number of benzene rings is 1. The van der Waals surface area contributed by atoms with Gasteiger partial charge in [0.15, 0.2) is 0 Å². The predicted molar refractivity (Wildman–Crippen MR) is 49.0 cm³/mol. The van der Waals surface area contributed by atoms with Gasteiger partial charge in [-0.25, -0.2) is 4.79 Å². The highest BCUT2D eigenvalue weighted by molar-refractivity contribution is 5.65. The third-order valence-corrected chi connectivity index (χ3v) is 1.39. The van der Waals surface area contributed by atoms with Crippen molar-refractivity contribution in [1.29, 1.82) is 0 Å². The van der Waals surface area contributed by atoms with Crippen LogP contribution in [0, 0.1) is 22.6 Å². The van der Waals surface area contributed by atoms with Crippen molar-refractivity contribution in [3.05, 3.63) is 34.4 Å². The largest absolute Gasteiger partial charge is 0.528 e. The molecule has 0 aliphatic heterocycles. The van der Waals surface area contributed by atoms with E-state index in [1.165, 1.54) is 24.3 Å². The molecule has 0 N–H and O–H groups in total. The van der Waals surface area contributed by atoms with Crippen molar-refractivity contribution in [3.63, 3.8) is 0 Å². The molecule has 0 saturated carbocycles.